The van der Waals surface area contributed by atoms with E-state index in [2.05, 4.69) is 24.4 Å². The third-order valence-electron chi connectivity index (χ3n) is 6.94. The van der Waals surface area contributed by atoms with E-state index in [0.717, 1.165) is 6.04 Å². The molecule has 10 heteroatoms. The van der Waals surface area contributed by atoms with Crippen LogP contribution in [0.4, 0.5) is 8.78 Å². The fourth-order valence-electron chi connectivity index (χ4n) is 4.85. The first-order valence-electron chi connectivity index (χ1n) is 11.8. The first-order valence-corrected chi connectivity index (χ1v) is 17.4. The molecule has 2 aliphatic carbocycles. The Morgan fingerprint density at radius 1 is 1.21 bits per heavy atom. The summed E-state index contributed by atoms with van der Waals surface area (Å²) in [5.74, 6) is -0.756. The van der Waals surface area contributed by atoms with Gasteiger partial charge < -0.3 is 14.0 Å². The van der Waals surface area contributed by atoms with Gasteiger partial charge in [0.2, 0.25) is 0 Å². The average molecular weight is 557 g/mol. The molecular formula is C24H37Cl2F2NO3SSi. The van der Waals surface area contributed by atoms with Gasteiger partial charge >= 0.3 is 0 Å². The zero-order chi connectivity index (χ0) is 25.5. The van der Waals surface area contributed by atoms with Gasteiger partial charge in [0.15, 0.2) is 18.4 Å². The van der Waals surface area contributed by atoms with Crippen molar-refractivity contribution in [3.63, 3.8) is 0 Å². The summed E-state index contributed by atoms with van der Waals surface area (Å²) in [5.41, 5.74) is -1.78. The summed E-state index contributed by atoms with van der Waals surface area (Å²) >= 11 is 11.4. The monoisotopic (exact) mass is 555 g/mol. The van der Waals surface area contributed by atoms with Crippen molar-refractivity contribution < 1.29 is 22.8 Å². The van der Waals surface area contributed by atoms with Gasteiger partial charge in [0.05, 0.1) is 16.1 Å². The second-order valence-electron chi connectivity index (χ2n) is 12.0. The van der Waals surface area contributed by atoms with Crippen LogP contribution in [0, 0.1) is 11.2 Å². The molecular weight excluding hydrogens is 519 g/mol. The van der Waals surface area contributed by atoms with E-state index in [1.807, 2.05) is 20.8 Å². The third-order valence-corrected chi connectivity index (χ3v) is 11.0. The summed E-state index contributed by atoms with van der Waals surface area (Å²) in [6, 6.07) is 1.53. The summed E-state index contributed by atoms with van der Waals surface area (Å²) < 4.78 is 57.9. The van der Waals surface area contributed by atoms with Gasteiger partial charge in [-0.15, -0.1) is 4.72 Å². The van der Waals surface area contributed by atoms with Gasteiger partial charge in [-0.05, 0) is 64.3 Å². The fraction of sp³-hybridized carbons (Fsp3) is 0.750. The van der Waals surface area contributed by atoms with Crippen molar-refractivity contribution in [2.45, 2.75) is 95.0 Å². The molecule has 2 saturated carbocycles. The van der Waals surface area contributed by atoms with E-state index in [1.54, 1.807) is 0 Å². The molecule has 2 aliphatic rings. The highest BCUT2D eigenvalue weighted by Crippen LogP contribution is 2.64. The van der Waals surface area contributed by atoms with Crippen LogP contribution >= 0.6 is 23.2 Å². The topological polar surface area (TPSA) is 53.5 Å². The second kappa shape index (κ2) is 10.3. The smallest absolute Gasteiger partial charge is 0.189 e. The van der Waals surface area contributed by atoms with E-state index < -0.39 is 47.1 Å². The number of fused-ring (bicyclic) bond motifs is 2. The molecule has 34 heavy (non-hydrogen) atoms. The molecule has 0 aromatic heterocycles. The van der Waals surface area contributed by atoms with Gasteiger partial charge in [-0.3, -0.25) is 0 Å². The van der Waals surface area contributed by atoms with Crippen molar-refractivity contribution in [1.82, 2.24) is 4.72 Å². The Morgan fingerprint density at radius 3 is 2.32 bits per heavy atom. The van der Waals surface area contributed by atoms with Crippen LogP contribution in [0.3, 0.4) is 0 Å². The lowest BCUT2D eigenvalue weighted by molar-refractivity contribution is 0.0195. The Labute approximate surface area is 216 Å². The quantitative estimate of drug-likeness (QED) is 0.106. The Balaban J connectivity index is 1.92. The average Bonchev–Trinajstić information content (AvgIpc) is 3.23. The van der Waals surface area contributed by atoms with Crippen LogP contribution in [0.15, 0.2) is 6.07 Å². The standard InChI is InChI=1S/C24H37Cl2F2NO3SSi/c1-22(2,3)33(30)29-21(23-7-9-24(28,14-23)10-8-23)18-19(26)16(25)13-17(20(18)27)32-15-31-11-12-34(4,5)6/h13,21,29H,7-12,14-15H2,1-6H3/t21?,23?,24?,33-/m1/s1. The van der Waals surface area contributed by atoms with Gasteiger partial charge in [0, 0.05) is 37.7 Å². The highest BCUT2D eigenvalue weighted by molar-refractivity contribution is 7.90. The van der Waals surface area contributed by atoms with Gasteiger partial charge in [0.1, 0.15) is 10.4 Å². The normalized spacial score (nSPS) is 26.7. The zero-order valence-electron chi connectivity index (χ0n) is 21.0. The highest BCUT2D eigenvalue weighted by atomic mass is 35.5. The molecule has 0 amide bonds. The minimum Gasteiger partial charge on any atom is -0.598 e. The SMILES string of the molecule is CC(C)(C)[S@@+]([O-])NC(c1c(F)c(OCOCC[Si](C)(C)C)cc(Cl)c1Cl)C12CCC(F)(CC1)C2. The number of benzene rings is 1. The molecule has 0 saturated heterocycles. The molecule has 1 unspecified atom stereocenters. The molecule has 4 nitrogen and oxygen atoms in total. The Kier molecular flexibility index (Phi) is 8.66. The minimum atomic E-state index is -1.54. The minimum absolute atomic E-state index is 0.0345. The van der Waals surface area contributed by atoms with E-state index in [-0.39, 0.29) is 34.6 Å². The van der Waals surface area contributed by atoms with Crippen LogP contribution in [-0.2, 0) is 16.1 Å². The largest absolute Gasteiger partial charge is 0.598 e. The van der Waals surface area contributed by atoms with Crippen LogP contribution in [0.25, 0.3) is 0 Å². The maximum Gasteiger partial charge on any atom is 0.189 e. The lowest BCUT2D eigenvalue weighted by Crippen LogP contribution is -2.46. The number of nitrogens with one attached hydrogen (secondary N) is 1. The molecule has 0 spiro atoms. The van der Waals surface area contributed by atoms with E-state index in [4.69, 9.17) is 32.7 Å². The number of ether oxygens (including phenoxy) is 2. The summed E-state index contributed by atoms with van der Waals surface area (Å²) in [6.45, 7) is 12.6. The molecule has 194 valence electrons. The highest BCUT2D eigenvalue weighted by Gasteiger charge is 2.60. The molecule has 0 aliphatic heterocycles. The molecule has 3 rings (SSSR count). The summed E-state index contributed by atoms with van der Waals surface area (Å²) in [7, 11) is -1.26. The van der Waals surface area contributed by atoms with Crippen LogP contribution in [0.1, 0.15) is 64.5 Å². The molecule has 0 heterocycles. The number of halogens is 4. The first-order chi connectivity index (χ1) is 15.6. The van der Waals surface area contributed by atoms with E-state index >= 15 is 8.78 Å². The number of alkyl halides is 1. The van der Waals surface area contributed by atoms with Gasteiger partial charge in [0.25, 0.3) is 0 Å². The maximum absolute atomic E-state index is 15.9. The lowest BCUT2D eigenvalue weighted by Gasteiger charge is -2.39. The van der Waals surface area contributed by atoms with E-state index in [9.17, 15) is 4.55 Å². The fourth-order valence-corrected chi connectivity index (χ4v) is 6.99. The van der Waals surface area contributed by atoms with Crippen molar-refractivity contribution in [3.8, 4) is 5.75 Å². The molecule has 2 atom stereocenters. The van der Waals surface area contributed by atoms with Crippen molar-refractivity contribution in [2.75, 3.05) is 13.4 Å². The first kappa shape index (κ1) is 28.5. The maximum atomic E-state index is 15.9. The number of hydrogen-bond donors (Lipinski definition) is 1. The lowest BCUT2D eigenvalue weighted by atomic mass is 9.74. The van der Waals surface area contributed by atoms with Gasteiger partial charge in [-0.1, -0.05) is 42.8 Å². The zero-order valence-corrected chi connectivity index (χ0v) is 24.3. The van der Waals surface area contributed by atoms with Crippen LogP contribution in [-0.4, -0.2) is 36.4 Å². The Hall–Kier alpha value is -0.0931. The van der Waals surface area contributed by atoms with Crippen LogP contribution in [0.2, 0.25) is 35.7 Å². The van der Waals surface area contributed by atoms with Crippen LogP contribution < -0.4 is 9.46 Å². The molecule has 0 radical (unpaired) electrons. The second-order valence-corrected chi connectivity index (χ2v) is 20.4. The number of rotatable bonds is 10. The van der Waals surface area contributed by atoms with E-state index in [0.29, 0.717) is 32.3 Å². The molecule has 2 fully saturated rings. The predicted octanol–water partition coefficient (Wildman–Crippen LogP) is 7.59. The molecule has 2 bridgehead atoms. The number of hydrogen-bond acceptors (Lipinski definition) is 4. The van der Waals surface area contributed by atoms with E-state index in [1.165, 1.54) is 6.07 Å². The van der Waals surface area contributed by atoms with Gasteiger partial charge in [-0.2, -0.15) is 0 Å². The van der Waals surface area contributed by atoms with Crippen molar-refractivity contribution in [2.24, 2.45) is 5.41 Å². The van der Waals surface area contributed by atoms with Crippen LogP contribution in [0.5, 0.6) is 5.75 Å². The Morgan fingerprint density at radius 2 is 1.82 bits per heavy atom. The molecule has 1 N–H and O–H groups in total. The predicted molar refractivity (Wildman–Crippen MR) is 139 cm³/mol. The van der Waals surface area contributed by atoms with Crippen molar-refractivity contribution in [1.29, 1.82) is 0 Å². The summed E-state index contributed by atoms with van der Waals surface area (Å²) in [6.07, 6.45) is 2.20. The van der Waals surface area contributed by atoms with Crippen molar-refractivity contribution in [3.05, 3.63) is 27.5 Å². The Bertz CT molecular complexity index is 886. The summed E-state index contributed by atoms with van der Waals surface area (Å²) in [5, 5.41) is 0.162. The molecule has 1 aromatic carbocycles. The summed E-state index contributed by atoms with van der Waals surface area (Å²) in [4.78, 5) is 0. The van der Waals surface area contributed by atoms with Gasteiger partial charge in [-0.25, -0.2) is 8.78 Å². The molecule has 1 aromatic rings. The van der Waals surface area contributed by atoms with Crippen molar-refractivity contribution >= 4 is 42.6 Å². The third kappa shape index (κ3) is 6.42.